The van der Waals surface area contributed by atoms with Crippen molar-refractivity contribution in [3.8, 4) is 5.75 Å². The van der Waals surface area contributed by atoms with Crippen molar-refractivity contribution in [2.75, 3.05) is 13.1 Å². The fourth-order valence-corrected chi connectivity index (χ4v) is 2.03. The molecule has 94 valence electrons. The third-order valence-corrected chi connectivity index (χ3v) is 3.00. The Morgan fingerprint density at radius 1 is 1.41 bits per heavy atom. The van der Waals surface area contributed by atoms with Crippen LogP contribution in [-0.4, -0.2) is 29.9 Å². The third kappa shape index (κ3) is 3.72. The lowest BCUT2D eigenvalue weighted by Gasteiger charge is -2.18. The van der Waals surface area contributed by atoms with E-state index in [1.54, 1.807) is 0 Å². The van der Waals surface area contributed by atoms with Crippen molar-refractivity contribution in [3.05, 3.63) is 29.8 Å². The van der Waals surface area contributed by atoms with Crippen molar-refractivity contribution < 1.29 is 9.84 Å². The molecule has 1 aromatic carbocycles. The first-order valence-electron chi connectivity index (χ1n) is 6.22. The highest BCUT2D eigenvalue weighted by atomic mass is 16.5. The summed E-state index contributed by atoms with van der Waals surface area (Å²) in [5.41, 5.74) is 0.703. The monoisotopic (exact) mass is 235 g/mol. The summed E-state index contributed by atoms with van der Waals surface area (Å²) in [5, 5.41) is 12.9. The van der Waals surface area contributed by atoms with E-state index >= 15 is 0 Å². The summed E-state index contributed by atoms with van der Waals surface area (Å²) in [5.74, 6) is 1.02. The molecule has 0 bridgehead atoms. The molecule has 0 saturated heterocycles. The maximum absolute atomic E-state index is 9.58. The van der Waals surface area contributed by atoms with Gasteiger partial charge >= 0.3 is 0 Å². The second-order valence-electron chi connectivity index (χ2n) is 5.32. The second kappa shape index (κ2) is 5.07. The highest BCUT2D eigenvalue weighted by Gasteiger charge is 2.21. The van der Waals surface area contributed by atoms with Crippen LogP contribution in [0.5, 0.6) is 5.75 Å². The van der Waals surface area contributed by atoms with Crippen LogP contribution in [-0.2, 0) is 6.42 Å². The Morgan fingerprint density at radius 2 is 2.18 bits per heavy atom. The molecule has 1 unspecified atom stereocenters. The number of nitrogens with one attached hydrogen (secondary N) is 1. The predicted molar refractivity (Wildman–Crippen MR) is 68.3 cm³/mol. The molecule has 2 N–H and O–H groups in total. The lowest BCUT2D eigenvalue weighted by atomic mass is 10.1. The van der Waals surface area contributed by atoms with E-state index in [-0.39, 0.29) is 6.10 Å². The SMILES string of the molecule is CC(C)(O)CCNCC1Cc2ccccc2O1. The first-order valence-corrected chi connectivity index (χ1v) is 6.22. The van der Waals surface area contributed by atoms with Crippen molar-refractivity contribution in [2.45, 2.75) is 38.4 Å². The molecule has 3 heteroatoms. The average Bonchev–Trinajstić information content (AvgIpc) is 2.65. The Kier molecular flexibility index (Phi) is 3.69. The largest absolute Gasteiger partial charge is 0.488 e. The molecule has 0 aliphatic carbocycles. The Labute approximate surface area is 103 Å². The minimum Gasteiger partial charge on any atom is -0.488 e. The van der Waals surface area contributed by atoms with E-state index in [1.807, 2.05) is 32.0 Å². The molecule has 1 aliphatic rings. The highest BCUT2D eigenvalue weighted by molar-refractivity contribution is 5.37. The molecule has 0 radical (unpaired) electrons. The Morgan fingerprint density at radius 3 is 2.88 bits per heavy atom. The quantitative estimate of drug-likeness (QED) is 0.764. The van der Waals surface area contributed by atoms with Crippen LogP contribution >= 0.6 is 0 Å². The van der Waals surface area contributed by atoms with Gasteiger partial charge in [-0.1, -0.05) is 18.2 Å². The van der Waals surface area contributed by atoms with Crippen LogP contribution in [0, 0.1) is 0 Å². The van der Waals surface area contributed by atoms with Gasteiger partial charge in [-0.2, -0.15) is 0 Å². The minimum atomic E-state index is -0.591. The lowest BCUT2D eigenvalue weighted by Crippen LogP contribution is -2.33. The van der Waals surface area contributed by atoms with Crippen LogP contribution in [0.25, 0.3) is 0 Å². The van der Waals surface area contributed by atoms with Gasteiger partial charge in [0.25, 0.3) is 0 Å². The standard InChI is InChI=1S/C14H21NO2/c1-14(2,16)7-8-15-10-12-9-11-5-3-4-6-13(11)17-12/h3-6,12,15-16H,7-10H2,1-2H3. The van der Waals surface area contributed by atoms with Crippen molar-refractivity contribution in [3.63, 3.8) is 0 Å². The molecule has 1 heterocycles. The van der Waals surface area contributed by atoms with Gasteiger partial charge in [-0.3, -0.25) is 0 Å². The average molecular weight is 235 g/mol. The van der Waals surface area contributed by atoms with E-state index in [2.05, 4.69) is 11.4 Å². The maximum Gasteiger partial charge on any atom is 0.123 e. The van der Waals surface area contributed by atoms with E-state index in [0.29, 0.717) is 0 Å². The van der Waals surface area contributed by atoms with E-state index in [9.17, 15) is 5.11 Å². The van der Waals surface area contributed by atoms with Gasteiger partial charge in [0, 0.05) is 13.0 Å². The molecule has 1 atom stereocenters. The predicted octanol–water partition coefficient (Wildman–Crippen LogP) is 1.74. The Hall–Kier alpha value is -1.06. The zero-order chi connectivity index (χ0) is 12.3. The van der Waals surface area contributed by atoms with Crippen molar-refractivity contribution in [1.82, 2.24) is 5.32 Å². The van der Waals surface area contributed by atoms with Crippen molar-refractivity contribution in [2.24, 2.45) is 0 Å². The van der Waals surface area contributed by atoms with Crippen LogP contribution in [0.1, 0.15) is 25.8 Å². The molecule has 2 rings (SSSR count). The first-order chi connectivity index (χ1) is 8.04. The summed E-state index contributed by atoms with van der Waals surface area (Å²) in [6.45, 7) is 5.32. The molecule has 3 nitrogen and oxygen atoms in total. The molecule has 1 aliphatic heterocycles. The highest BCUT2D eigenvalue weighted by Crippen LogP contribution is 2.27. The smallest absolute Gasteiger partial charge is 0.123 e. The number of fused-ring (bicyclic) bond motifs is 1. The number of ether oxygens (including phenoxy) is 1. The molecule has 0 fully saturated rings. The summed E-state index contributed by atoms with van der Waals surface area (Å²) in [6, 6.07) is 8.19. The van der Waals surface area contributed by atoms with Gasteiger partial charge in [0.05, 0.1) is 5.60 Å². The van der Waals surface area contributed by atoms with Crippen LogP contribution < -0.4 is 10.1 Å². The van der Waals surface area contributed by atoms with Gasteiger partial charge in [0.2, 0.25) is 0 Å². The maximum atomic E-state index is 9.58. The van der Waals surface area contributed by atoms with Crippen LogP contribution in [0.15, 0.2) is 24.3 Å². The number of aliphatic hydroxyl groups is 1. The van der Waals surface area contributed by atoms with Gasteiger partial charge in [-0.05, 0) is 38.4 Å². The Balaban J connectivity index is 1.70. The molecule has 0 amide bonds. The van der Waals surface area contributed by atoms with E-state index in [4.69, 9.17) is 4.74 Å². The normalized spacial score (nSPS) is 18.9. The topological polar surface area (TPSA) is 41.5 Å². The number of rotatable bonds is 5. The number of hydrogen-bond donors (Lipinski definition) is 2. The fourth-order valence-electron chi connectivity index (χ4n) is 2.03. The van der Waals surface area contributed by atoms with Crippen LogP contribution in [0.2, 0.25) is 0 Å². The molecule has 17 heavy (non-hydrogen) atoms. The number of para-hydroxylation sites is 1. The van der Waals surface area contributed by atoms with Gasteiger partial charge < -0.3 is 15.2 Å². The first kappa shape index (κ1) is 12.4. The molecular formula is C14H21NO2. The zero-order valence-electron chi connectivity index (χ0n) is 10.6. The van der Waals surface area contributed by atoms with Crippen molar-refractivity contribution >= 4 is 0 Å². The Bertz CT molecular complexity index is 346. The van der Waals surface area contributed by atoms with Gasteiger partial charge in [-0.25, -0.2) is 0 Å². The minimum absolute atomic E-state index is 0.231. The zero-order valence-corrected chi connectivity index (χ0v) is 10.6. The van der Waals surface area contributed by atoms with Crippen LogP contribution in [0.4, 0.5) is 0 Å². The van der Waals surface area contributed by atoms with E-state index < -0.39 is 5.60 Å². The van der Waals surface area contributed by atoms with E-state index in [0.717, 1.165) is 31.7 Å². The van der Waals surface area contributed by atoms with Gasteiger partial charge in [0.15, 0.2) is 0 Å². The molecule has 0 saturated carbocycles. The summed E-state index contributed by atoms with van der Waals surface area (Å²) in [6.07, 6.45) is 1.97. The van der Waals surface area contributed by atoms with Gasteiger partial charge in [0.1, 0.15) is 11.9 Å². The summed E-state index contributed by atoms with van der Waals surface area (Å²) in [4.78, 5) is 0. The molecule has 1 aromatic rings. The molecule has 0 spiro atoms. The van der Waals surface area contributed by atoms with Crippen molar-refractivity contribution in [1.29, 1.82) is 0 Å². The number of benzene rings is 1. The van der Waals surface area contributed by atoms with E-state index in [1.165, 1.54) is 5.56 Å². The second-order valence-corrected chi connectivity index (χ2v) is 5.32. The summed E-state index contributed by atoms with van der Waals surface area (Å²) < 4.78 is 5.81. The summed E-state index contributed by atoms with van der Waals surface area (Å²) >= 11 is 0. The fraction of sp³-hybridized carbons (Fsp3) is 0.571. The third-order valence-electron chi connectivity index (χ3n) is 3.00. The molecular weight excluding hydrogens is 214 g/mol. The lowest BCUT2D eigenvalue weighted by molar-refractivity contribution is 0.0703. The summed E-state index contributed by atoms with van der Waals surface area (Å²) in [7, 11) is 0. The van der Waals surface area contributed by atoms with Gasteiger partial charge in [-0.15, -0.1) is 0 Å². The number of hydrogen-bond acceptors (Lipinski definition) is 3. The molecule has 0 aromatic heterocycles. The van der Waals surface area contributed by atoms with Crippen LogP contribution in [0.3, 0.4) is 0 Å².